The summed E-state index contributed by atoms with van der Waals surface area (Å²) in [6, 6.07) is 12.1. The van der Waals surface area contributed by atoms with E-state index >= 15 is 0 Å². The summed E-state index contributed by atoms with van der Waals surface area (Å²) in [4.78, 5) is 27.6. The first-order valence-electron chi connectivity index (χ1n) is 9.96. The molecule has 0 aliphatic heterocycles. The van der Waals surface area contributed by atoms with Crippen molar-refractivity contribution in [2.75, 3.05) is 13.1 Å². The number of benzene rings is 1. The second-order valence-electron chi connectivity index (χ2n) is 6.86. The first-order chi connectivity index (χ1) is 15.2. The van der Waals surface area contributed by atoms with Gasteiger partial charge in [-0.3, -0.25) is 14.5 Å². The average Bonchev–Trinajstić information content (AvgIpc) is 3.29. The van der Waals surface area contributed by atoms with Crippen LogP contribution >= 0.6 is 0 Å². The number of pyridine rings is 1. The Kier molecular flexibility index (Phi) is 6.07. The highest BCUT2D eigenvalue weighted by Crippen LogP contribution is 2.21. The fraction of sp³-hybridized carbons (Fsp3) is 0.174. The zero-order valence-electron chi connectivity index (χ0n) is 17.0. The monoisotopic (exact) mass is 416 g/mol. The van der Waals surface area contributed by atoms with Crippen LogP contribution in [0.25, 0.3) is 22.6 Å². The maximum atomic E-state index is 13.2. The van der Waals surface area contributed by atoms with E-state index in [1.54, 1.807) is 46.4 Å². The van der Waals surface area contributed by atoms with Gasteiger partial charge in [0.05, 0.1) is 30.2 Å². The van der Waals surface area contributed by atoms with Crippen LogP contribution in [0, 0.1) is 5.82 Å². The molecule has 0 saturated carbocycles. The van der Waals surface area contributed by atoms with Crippen molar-refractivity contribution in [3.05, 3.63) is 84.8 Å². The largest absolute Gasteiger partial charge is 0.337 e. The Morgan fingerprint density at radius 2 is 1.84 bits per heavy atom. The van der Waals surface area contributed by atoms with Crippen LogP contribution in [-0.2, 0) is 6.54 Å². The predicted octanol–water partition coefficient (Wildman–Crippen LogP) is 3.70. The van der Waals surface area contributed by atoms with Crippen molar-refractivity contribution in [2.45, 2.75) is 13.5 Å². The Labute approximate surface area is 179 Å². The van der Waals surface area contributed by atoms with Crippen LogP contribution in [0.15, 0.2) is 73.4 Å². The molecule has 0 aliphatic carbocycles. The number of hydrogen-bond donors (Lipinski definition) is 0. The molecular weight excluding hydrogens is 395 g/mol. The van der Waals surface area contributed by atoms with Crippen molar-refractivity contribution in [2.24, 2.45) is 0 Å². The molecule has 0 spiro atoms. The Balaban J connectivity index is 1.48. The lowest BCUT2D eigenvalue weighted by atomic mass is 10.1. The molecule has 3 aromatic heterocycles. The van der Waals surface area contributed by atoms with Gasteiger partial charge in [-0.05, 0) is 31.2 Å². The third-order valence-electron chi connectivity index (χ3n) is 4.89. The molecule has 0 bridgehead atoms. The predicted molar refractivity (Wildman–Crippen MR) is 114 cm³/mol. The molecule has 0 unspecified atom stereocenters. The number of likely N-dealkylation sites (N-methyl/N-ethyl adjacent to an activating group) is 1. The van der Waals surface area contributed by atoms with Gasteiger partial charge in [0, 0.05) is 42.8 Å². The summed E-state index contributed by atoms with van der Waals surface area (Å²) >= 11 is 0. The van der Waals surface area contributed by atoms with E-state index < -0.39 is 0 Å². The Hall–Kier alpha value is -3.94. The molecule has 8 heteroatoms. The van der Waals surface area contributed by atoms with Crippen molar-refractivity contribution in [3.8, 4) is 22.6 Å². The highest BCUT2D eigenvalue weighted by atomic mass is 19.1. The molecule has 0 N–H and O–H groups in total. The number of carbonyl (C=O) groups is 1. The number of hydrogen-bond acceptors (Lipinski definition) is 5. The van der Waals surface area contributed by atoms with Crippen molar-refractivity contribution in [1.29, 1.82) is 0 Å². The van der Waals surface area contributed by atoms with Gasteiger partial charge >= 0.3 is 0 Å². The molecule has 156 valence electrons. The number of halogens is 1. The van der Waals surface area contributed by atoms with Crippen molar-refractivity contribution >= 4 is 5.91 Å². The van der Waals surface area contributed by atoms with Crippen molar-refractivity contribution in [1.82, 2.24) is 29.6 Å². The van der Waals surface area contributed by atoms with Crippen molar-refractivity contribution < 1.29 is 9.18 Å². The van der Waals surface area contributed by atoms with Crippen LogP contribution < -0.4 is 0 Å². The minimum atomic E-state index is -0.380. The summed E-state index contributed by atoms with van der Waals surface area (Å²) in [5, 5.41) is 4.34. The van der Waals surface area contributed by atoms with Crippen LogP contribution in [0.5, 0.6) is 0 Å². The van der Waals surface area contributed by atoms with Crippen molar-refractivity contribution in [3.63, 3.8) is 0 Å². The van der Waals surface area contributed by atoms with Gasteiger partial charge in [-0.25, -0.2) is 14.4 Å². The first-order valence-corrected chi connectivity index (χ1v) is 9.96. The summed E-state index contributed by atoms with van der Waals surface area (Å²) in [6.07, 6.45) is 8.02. The normalized spacial score (nSPS) is 10.8. The van der Waals surface area contributed by atoms with E-state index in [1.165, 1.54) is 12.3 Å². The molecule has 0 atom stereocenters. The standard InChI is InChI=1S/C23H21FN6O/c1-2-29(12-13-30-16-17(14-28-30)21-9-8-18(24)15-27-21)23(31)20-7-4-3-6-19(20)22-25-10-5-11-26-22/h3-11,14-16H,2,12-13H2,1H3. The number of carbonyl (C=O) groups excluding carboxylic acids is 1. The minimum Gasteiger partial charge on any atom is -0.337 e. The number of nitrogens with zero attached hydrogens (tertiary/aromatic N) is 6. The van der Waals surface area contributed by atoms with E-state index in [1.807, 2.05) is 31.3 Å². The van der Waals surface area contributed by atoms with Gasteiger partial charge in [-0.15, -0.1) is 0 Å². The van der Waals surface area contributed by atoms with Crippen LogP contribution in [0.1, 0.15) is 17.3 Å². The third-order valence-corrected chi connectivity index (χ3v) is 4.89. The van der Waals surface area contributed by atoms with Crippen LogP contribution in [0.3, 0.4) is 0 Å². The van der Waals surface area contributed by atoms with Crippen LogP contribution in [0.4, 0.5) is 4.39 Å². The highest BCUT2D eigenvalue weighted by molar-refractivity contribution is 6.00. The van der Waals surface area contributed by atoms with Gasteiger partial charge in [0.15, 0.2) is 5.82 Å². The Bertz CT molecular complexity index is 1160. The van der Waals surface area contributed by atoms with Gasteiger partial charge in [0.25, 0.3) is 5.91 Å². The fourth-order valence-electron chi connectivity index (χ4n) is 3.26. The molecule has 7 nitrogen and oxygen atoms in total. The van der Waals surface area contributed by atoms with E-state index in [-0.39, 0.29) is 11.7 Å². The van der Waals surface area contributed by atoms with Gasteiger partial charge < -0.3 is 4.90 Å². The second-order valence-corrected chi connectivity index (χ2v) is 6.86. The molecular formula is C23H21FN6O. The Morgan fingerprint density at radius 1 is 1.03 bits per heavy atom. The molecule has 4 rings (SSSR count). The molecule has 31 heavy (non-hydrogen) atoms. The van der Waals surface area contributed by atoms with E-state index in [0.717, 1.165) is 5.56 Å². The SMILES string of the molecule is CCN(CCn1cc(-c2ccc(F)cn2)cn1)C(=O)c1ccccc1-c1ncccn1. The van der Waals surface area contributed by atoms with Gasteiger partial charge in [0.1, 0.15) is 5.82 Å². The molecule has 0 radical (unpaired) electrons. The van der Waals surface area contributed by atoms with Crippen LogP contribution in [-0.4, -0.2) is 48.6 Å². The van der Waals surface area contributed by atoms with Crippen LogP contribution in [0.2, 0.25) is 0 Å². The maximum Gasteiger partial charge on any atom is 0.254 e. The van der Waals surface area contributed by atoms with E-state index in [2.05, 4.69) is 20.1 Å². The molecule has 4 aromatic rings. The summed E-state index contributed by atoms with van der Waals surface area (Å²) < 4.78 is 14.8. The maximum absolute atomic E-state index is 13.2. The number of amides is 1. The zero-order valence-corrected chi connectivity index (χ0v) is 17.0. The Morgan fingerprint density at radius 3 is 2.58 bits per heavy atom. The second kappa shape index (κ2) is 9.25. The summed E-state index contributed by atoms with van der Waals surface area (Å²) in [5.41, 5.74) is 2.70. The fourth-order valence-corrected chi connectivity index (χ4v) is 3.26. The molecule has 0 fully saturated rings. The first kappa shape index (κ1) is 20.3. The lowest BCUT2D eigenvalue weighted by molar-refractivity contribution is 0.0758. The van der Waals surface area contributed by atoms with Gasteiger partial charge in [-0.1, -0.05) is 18.2 Å². The molecule has 0 saturated heterocycles. The summed E-state index contributed by atoms with van der Waals surface area (Å²) in [7, 11) is 0. The van der Waals surface area contributed by atoms with Gasteiger partial charge in [-0.2, -0.15) is 5.10 Å². The molecule has 1 aromatic carbocycles. The third kappa shape index (κ3) is 4.63. The minimum absolute atomic E-state index is 0.0851. The molecule has 1 amide bonds. The summed E-state index contributed by atoms with van der Waals surface area (Å²) in [5.74, 6) is 0.0542. The van der Waals surface area contributed by atoms with E-state index in [4.69, 9.17) is 0 Å². The summed E-state index contributed by atoms with van der Waals surface area (Å²) in [6.45, 7) is 3.50. The molecule has 0 aliphatic rings. The lowest BCUT2D eigenvalue weighted by Crippen LogP contribution is -2.34. The number of aromatic nitrogens is 5. The zero-order chi connectivity index (χ0) is 21.6. The lowest BCUT2D eigenvalue weighted by Gasteiger charge is -2.22. The smallest absolute Gasteiger partial charge is 0.254 e. The van der Waals surface area contributed by atoms with E-state index in [9.17, 15) is 9.18 Å². The van der Waals surface area contributed by atoms with Gasteiger partial charge in [0.2, 0.25) is 0 Å². The quantitative estimate of drug-likeness (QED) is 0.459. The topological polar surface area (TPSA) is 76.8 Å². The average molecular weight is 416 g/mol. The van der Waals surface area contributed by atoms with E-state index in [0.29, 0.717) is 42.3 Å². The number of rotatable bonds is 7. The highest BCUT2D eigenvalue weighted by Gasteiger charge is 2.19. The molecule has 3 heterocycles.